The van der Waals surface area contributed by atoms with Gasteiger partial charge in [-0.2, -0.15) is 0 Å². The molecule has 0 saturated heterocycles. The number of hydrogen-bond acceptors (Lipinski definition) is 4. The lowest BCUT2D eigenvalue weighted by Gasteiger charge is -2.17. The van der Waals surface area contributed by atoms with Gasteiger partial charge in [-0.1, -0.05) is 12.1 Å². The molecule has 0 saturated carbocycles. The van der Waals surface area contributed by atoms with Gasteiger partial charge in [-0.25, -0.2) is 4.98 Å². The van der Waals surface area contributed by atoms with Gasteiger partial charge in [-0.05, 0) is 29.8 Å². The van der Waals surface area contributed by atoms with E-state index in [1.54, 1.807) is 13.3 Å². The first kappa shape index (κ1) is 13.2. The molecule has 0 unspecified atom stereocenters. The van der Waals surface area contributed by atoms with Crippen molar-refractivity contribution in [2.45, 2.75) is 6.54 Å². The van der Waals surface area contributed by atoms with Crippen LogP contribution in [-0.4, -0.2) is 26.2 Å². The molecule has 0 aliphatic rings. The highest BCUT2D eigenvalue weighted by atomic mass is 16.5. The van der Waals surface area contributed by atoms with Gasteiger partial charge in [-0.15, -0.1) is 0 Å². The number of pyridine rings is 1. The first-order valence-electron chi connectivity index (χ1n) is 6.20. The number of benzene rings is 1. The number of nitrogens with one attached hydrogen (secondary N) is 1. The molecule has 4 nitrogen and oxygen atoms in total. The van der Waals surface area contributed by atoms with E-state index in [-0.39, 0.29) is 0 Å². The van der Waals surface area contributed by atoms with Crippen LogP contribution in [0, 0.1) is 0 Å². The molecule has 0 aliphatic carbocycles. The second kappa shape index (κ2) is 6.09. The van der Waals surface area contributed by atoms with Crippen molar-refractivity contribution in [3.8, 4) is 5.75 Å². The smallest absolute Gasteiger partial charge is 0.151 e. The summed E-state index contributed by atoms with van der Waals surface area (Å²) in [7, 11) is 5.65. The van der Waals surface area contributed by atoms with E-state index in [0.717, 1.165) is 23.8 Å². The molecule has 19 heavy (non-hydrogen) atoms. The molecule has 2 rings (SSSR count). The van der Waals surface area contributed by atoms with Crippen LogP contribution in [0.2, 0.25) is 0 Å². The fourth-order valence-electron chi connectivity index (χ4n) is 1.83. The first-order valence-corrected chi connectivity index (χ1v) is 6.20. The van der Waals surface area contributed by atoms with Gasteiger partial charge in [0.1, 0.15) is 5.75 Å². The van der Waals surface area contributed by atoms with Crippen molar-refractivity contribution in [3.05, 3.63) is 48.2 Å². The lowest BCUT2D eigenvalue weighted by Crippen LogP contribution is -2.13. The van der Waals surface area contributed by atoms with Crippen LogP contribution in [0.1, 0.15) is 5.56 Å². The molecule has 2 aromatic rings. The Bertz CT molecular complexity index is 523. The average Bonchev–Trinajstić information content (AvgIpc) is 2.46. The van der Waals surface area contributed by atoms with Gasteiger partial charge < -0.3 is 15.0 Å². The Morgan fingerprint density at radius 2 is 1.89 bits per heavy atom. The minimum atomic E-state index is 0.760. The second-order valence-corrected chi connectivity index (χ2v) is 4.47. The Kier molecular flexibility index (Phi) is 4.23. The van der Waals surface area contributed by atoms with E-state index in [2.05, 4.69) is 22.4 Å². The van der Waals surface area contributed by atoms with Crippen molar-refractivity contribution >= 4 is 11.5 Å². The summed E-state index contributed by atoms with van der Waals surface area (Å²) < 4.78 is 5.15. The maximum Gasteiger partial charge on any atom is 0.151 e. The molecule has 1 heterocycles. The molecule has 0 atom stereocenters. The SMILES string of the molecule is COc1ccc(CNc2cccnc2N(C)C)cc1. The lowest BCUT2D eigenvalue weighted by molar-refractivity contribution is 0.414. The highest BCUT2D eigenvalue weighted by Gasteiger charge is 2.04. The molecule has 100 valence electrons. The molecule has 1 aromatic heterocycles. The second-order valence-electron chi connectivity index (χ2n) is 4.47. The molecule has 0 spiro atoms. The van der Waals surface area contributed by atoms with E-state index >= 15 is 0 Å². The molecule has 0 radical (unpaired) electrons. The summed E-state index contributed by atoms with van der Waals surface area (Å²) in [6.07, 6.45) is 1.80. The third-order valence-electron chi connectivity index (χ3n) is 2.85. The predicted octanol–water partition coefficient (Wildman–Crippen LogP) is 2.77. The third kappa shape index (κ3) is 3.37. The van der Waals surface area contributed by atoms with E-state index in [0.29, 0.717) is 0 Å². The number of anilines is 2. The van der Waals surface area contributed by atoms with Crippen LogP contribution >= 0.6 is 0 Å². The maximum atomic E-state index is 5.15. The van der Waals surface area contributed by atoms with Crippen LogP contribution in [-0.2, 0) is 6.54 Å². The standard InChI is InChI=1S/C15H19N3O/c1-18(2)15-14(5-4-10-16-15)17-11-12-6-8-13(19-3)9-7-12/h4-10,17H,11H2,1-3H3. The molecular weight excluding hydrogens is 238 g/mol. The summed E-state index contributed by atoms with van der Waals surface area (Å²) in [5.41, 5.74) is 2.23. The van der Waals surface area contributed by atoms with Crippen molar-refractivity contribution in [3.63, 3.8) is 0 Å². The van der Waals surface area contributed by atoms with Crippen molar-refractivity contribution in [2.24, 2.45) is 0 Å². The van der Waals surface area contributed by atoms with E-state index in [4.69, 9.17) is 4.74 Å². The Morgan fingerprint density at radius 3 is 2.53 bits per heavy atom. The van der Waals surface area contributed by atoms with E-state index in [1.807, 2.05) is 43.3 Å². The maximum absolute atomic E-state index is 5.15. The molecule has 0 fully saturated rings. The molecule has 0 aliphatic heterocycles. The lowest BCUT2D eigenvalue weighted by atomic mass is 10.2. The number of ether oxygens (including phenoxy) is 1. The zero-order chi connectivity index (χ0) is 13.7. The zero-order valence-electron chi connectivity index (χ0n) is 11.6. The van der Waals surface area contributed by atoms with Crippen LogP contribution in [0.3, 0.4) is 0 Å². The quantitative estimate of drug-likeness (QED) is 0.893. The Hall–Kier alpha value is -2.23. The van der Waals surface area contributed by atoms with Gasteiger partial charge in [-0.3, -0.25) is 0 Å². The highest BCUT2D eigenvalue weighted by Crippen LogP contribution is 2.21. The topological polar surface area (TPSA) is 37.4 Å². The Balaban J connectivity index is 2.05. The monoisotopic (exact) mass is 257 g/mol. The molecular formula is C15H19N3O. The number of aromatic nitrogens is 1. The van der Waals surface area contributed by atoms with Crippen LogP contribution in [0.25, 0.3) is 0 Å². The Morgan fingerprint density at radius 1 is 1.16 bits per heavy atom. The normalized spacial score (nSPS) is 10.1. The van der Waals surface area contributed by atoms with Gasteiger partial charge in [0, 0.05) is 26.8 Å². The molecule has 1 aromatic carbocycles. The van der Waals surface area contributed by atoms with Crippen molar-refractivity contribution in [1.82, 2.24) is 4.98 Å². The fraction of sp³-hybridized carbons (Fsp3) is 0.267. The van der Waals surface area contributed by atoms with E-state index < -0.39 is 0 Å². The Labute approximate surface area is 114 Å². The van der Waals surface area contributed by atoms with Crippen LogP contribution in [0.4, 0.5) is 11.5 Å². The number of nitrogens with zero attached hydrogens (tertiary/aromatic N) is 2. The highest BCUT2D eigenvalue weighted by molar-refractivity contribution is 5.64. The number of rotatable bonds is 5. The summed E-state index contributed by atoms with van der Waals surface area (Å²) in [6, 6.07) is 12.0. The van der Waals surface area contributed by atoms with Gasteiger partial charge in [0.25, 0.3) is 0 Å². The van der Waals surface area contributed by atoms with Gasteiger partial charge in [0.05, 0.1) is 12.8 Å². The molecule has 4 heteroatoms. The largest absolute Gasteiger partial charge is 0.497 e. The van der Waals surface area contributed by atoms with Crippen molar-refractivity contribution < 1.29 is 4.74 Å². The first-order chi connectivity index (χ1) is 9.20. The zero-order valence-corrected chi connectivity index (χ0v) is 11.6. The van der Waals surface area contributed by atoms with Crippen LogP contribution in [0.5, 0.6) is 5.75 Å². The van der Waals surface area contributed by atoms with E-state index in [1.165, 1.54) is 5.56 Å². The van der Waals surface area contributed by atoms with Gasteiger partial charge in [0.2, 0.25) is 0 Å². The summed E-state index contributed by atoms with van der Waals surface area (Å²) in [5.74, 6) is 1.81. The van der Waals surface area contributed by atoms with E-state index in [9.17, 15) is 0 Å². The van der Waals surface area contributed by atoms with Crippen molar-refractivity contribution in [2.75, 3.05) is 31.4 Å². The number of methoxy groups -OCH3 is 1. The molecule has 0 amide bonds. The summed E-state index contributed by atoms with van der Waals surface area (Å²) in [6.45, 7) is 0.760. The minimum Gasteiger partial charge on any atom is -0.497 e. The summed E-state index contributed by atoms with van der Waals surface area (Å²) in [5, 5.41) is 3.40. The average molecular weight is 257 g/mol. The third-order valence-corrected chi connectivity index (χ3v) is 2.85. The molecule has 0 bridgehead atoms. The fourth-order valence-corrected chi connectivity index (χ4v) is 1.83. The summed E-state index contributed by atoms with van der Waals surface area (Å²) >= 11 is 0. The van der Waals surface area contributed by atoms with Crippen LogP contribution in [0.15, 0.2) is 42.6 Å². The van der Waals surface area contributed by atoms with Gasteiger partial charge >= 0.3 is 0 Å². The van der Waals surface area contributed by atoms with Gasteiger partial charge in [0.15, 0.2) is 5.82 Å². The number of hydrogen-bond donors (Lipinski definition) is 1. The minimum absolute atomic E-state index is 0.760. The van der Waals surface area contributed by atoms with Crippen LogP contribution < -0.4 is 15.0 Å². The van der Waals surface area contributed by atoms with Crippen molar-refractivity contribution in [1.29, 1.82) is 0 Å². The summed E-state index contributed by atoms with van der Waals surface area (Å²) in [4.78, 5) is 6.36. The molecule has 1 N–H and O–H groups in total. The predicted molar refractivity (Wildman–Crippen MR) is 78.9 cm³/mol.